The van der Waals surface area contributed by atoms with Gasteiger partial charge in [0.25, 0.3) is 0 Å². The van der Waals surface area contributed by atoms with Crippen LogP contribution in [-0.4, -0.2) is 53.6 Å². The van der Waals surface area contributed by atoms with E-state index >= 15 is 0 Å². The largest absolute Gasteiger partial charge is 0.478 e. The maximum absolute atomic E-state index is 10.8. The van der Waals surface area contributed by atoms with Gasteiger partial charge in [0, 0.05) is 25.7 Å². The third kappa shape index (κ3) is 4.83. The van der Waals surface area contributed by atoms with Gasteiger partial charge in [0.2, 0.25) is 0 Å². The van der Waals surface area contributed by atoms with E-state index in [4.69, 9.17) is 5.11 Å². The minimum atomic E-state index is -0.867. The Balaban J connectivity index is 1.78. The lowest BCUT2D eigenvalue weighted by molar-refractivity contribution is 0.0697. The first-order chi connectivity index (χ1) is 10.1. The summed E-state index contributed by atoms with van der Waals surface area (Å²) in [6.07, 6.45) is 4.01. The van der Waals surface area contributed by atoms with Crippen LogP contribution in [0.4, 0.5) is 0 Å². The molecule has 1 heterocycles. The molecule has 1 fully saturated rings. The average molecular weight is 290 g/mol. The summed E-state index contributed by atoms with van der Waals surface area (Å²) in [6, 6.07) is 7.88. The molecule has 1 aliphatic rings. The Bertz CT molecular complexity index is 458. The van der Waals surface area contributed by atoms with Crippen LogP contribution in [0.25, 0.3) is 0 Å². The number of likely N-dealkylation sites (N-methyl/N-ethyl adjacent to an activating group) is 1. The number of benzene rings is 1. The third-order valence-corrected chi connectivity index (χ3v) is 4.36. The summed E-state index contributed by atoms with van der Waals surface area (Å²) in [6.45, 7) is 6.57. The molecule has 0 bridgehead atoms. The van der Waals surface area contributed by atoms with Crippen LogP contribution in [-0.2, 0) is 6.54 Å². The third-order valence-electron chi connectivity index (χ3n) is 4.36. The number of hydrogen-bond donors (Lipinski definition) is 1. The van der Waals surface area contributed by atoms with Crippen LogP contribution in [0.5, 0.6) is 0 Å². The minimum Gasteiger partial charge on any atom is -0.478 e. The number of carboxylic acid groups (broad SMARTS) is 1. The second-order valence-electron chi connectivity index (χ2n) is 6.12. The molecular weight excluding hydrogens is 264 g/mol. The van der Waals surface area contributed by atoms with Gasteiger partial charge in [-0.15, -0.1) is 0 Å². The SMILES string of the molecule is CC1CCCCN1CCN(C)Cc1ccc(C(=O)O)cc1. The molecule has 4 heteroatoms. The summed E-state index contributed by atoms with van der Waals surface area (Å²) in [5.74, 6) is -0.867. The minimum absolute atomic E-state index is 0.351. The summed E-state index contributed by atoms with van der Waals surface area (Å²) in [5.41, 5.74) is 1.51. The standard InChI is InChI=1S/C17H26N2O2/c1-14-5-3-4-10-19(14)12-11-18(2)13-15-6-8-16(9-7-15)17(20)21/h6-9,14H,3-5,10-13H2,1-2H3,(H,20,21). The van der Waals surface area contributed by atoms with E-state index in [2.05, 4.69) is 23.8 Å². The van der Waals surface area contributed by atoms with E-state index in [1.54, 1.807) is 12.1 Å². The van der Waals surface area contributed by atoms with Crippen LogP contribution in [0.3, 0.4) is 0 Å². The molecule has 0 radical (unpaired) electrons. The second-order valence-corrected chi connectivity index (χ2v) is 6.12. The average Bonchev–Trinajstić information content (AvgIpc) is 2.47. The summed E-state index contributed by atoms with van der Waals surface area (Å²) < 4.78 is 0. The summed E-state index contributed by atoms with van der Waals surface area (Å²) in [7, 11) is 2.12. The fourth-order valence-electron chi connectivity index (χ4n) is 2.93. The monoisotopic (exact) mass is 290 g/mol. The lowest BCUT2D eigenvalue weighted by Gasteiger charge is -2.34. The molecule has 0 spiro atoms. The highest BCUT2D eigenvalue weighted by molar-refractivity contribution is 5.87. The van der Waals surface area contributed by atoms with Crippen LogP contribution >= 0.6 is 0 Å². The Kier molecular flexibility index (Phi) is 5.76. The van der Waals surface area contributed by atoms with E-state index < -0.39 is 5.97 Å². The van der Waals surface area contributed by atoms with Crippen LogP contribution in [0.15, 0.2) is 24.3 Å². The smallest absolute Gasteiger partial charge is 0.335 e. The molecule has 1 aromatic carbocycles. The van der Waals surface area contributed by atoms with E-state index in [0.717, 1.165) is 25.2 Å². The highest BCUT2D eigenvalue weighted by Crippen LogP contribution is 2.16. The van der Waals surface area contributed by atoms with Crippen molar-refractivity contribution in [3.05, 3.63) is 35.4 Å². The van der Waals surface area contributed by atoms with E-state index in [0.29, 0.717) is 11.6 Å². The van der Waals surface area contributed by atoms with Gasteiger partial charge in [-0.3, -0.25) is 4.90 Å². The van der Waals surface area contributed by atoms with Crippen LogP contribution < -0.4 is 0 Å². The first-order valence-corrected chi connectivity index (χ1v) is 7.81. The molecule has 1 aromatic rings. The number of hydrogen-bond acceptors (Lipinski definition) is 3. The Morgan fingerprint density at radius 2 is 2.05 bits per heavy atom. The molecule has 1 atom stereocenters. The number of piperidine rings is 1. The normalized spacial score (nSPS) is 19.9. The van der Waals surface area contributed by atoms with Crippen molar-refractivity contribution in [3.63, 3.8) is 0 Å². The van der Waals surface area contributed by atoms with Crippen molar-refractivity contribution in [1.82, 2.24) is 9.80 Å². The molecule has 1 aliphatic heterocycles. The zero-order valence-electron chi connectivity index (χ0n) is 13.1. The summed E-state index contributed by atoms with van der Waals surface area (Å²) in [4.78, 5) is 15.7. The first-order valence-electron chi connectivity index (χ1n) is 7.81. The fourth-order valence-corrected chi connectivity index (χ4v) is 2.93. The quantitative estimate of drug-likeness (QED) is 0.875. The maximum atomic E-state index is 10.8. The first kappa shape index (κ1) is 16.0. The lowest BCUT2D eigenvalue weighted by Crippen LogP contribution is -2.41. The number of carboxylic acids is 1. The van der Waals surface area contributed by atoms with Crippen molar-refractivity contribution >= 4 is 5.97 Å². The fraction of sp³-hybridized carbons (Fsp3) is 0.588. The van der Waals surface area contributed by atoms with Crippen molar-refractivity contribution in [1.29, 1.82) is 0 Å². The molecule has 1 N–H and O–H groups in total. The van der Waals surface area contributed by atoms with Crippen molar-refractivity contribution in [2.24, 2.45) is 0 Å². The highest BCUT2D eigenvalue weighted by Gasteiger charge is 2.17. The zero-order valence-corrected chi connectivity index (χ0v) is 13.1. The van der Waals surface area contributed by atoms with Gasteiger partial charge >= 0.3 is 5.97 Å². The number of nitrogens with zero attached hydrogens (tertiary/aromatic N) is 2. The van der Waals surface area contributed by atoms with Gasteiger partial charge in [-0.1, -0.05) is 18.6 Å². The number of rotatable bonds is 6. The predicted octanol–water partition coefficient (Wildman–Crippen LogP) is 2.69. The Hall–Kier alpha value is -1.39. The van der Waals surface area contributed by atoms with Crippen molar-refractivity contribution in [2.45, 2.75) is 38.8 Å². The predicted molar refractivity (Wildman–Crippen MR) is 84.6 cm³/mol. The van der Waals surface area contributed by atoms with Gasteiger partial charge < -0.3 is 10.0 Å². The molecule has 0 aromatic heterocycles. The molecule has 2 rings (SSSR count). The zero-order chi connectivity index (χ0) is 15.2. The lowest BCUT2D eigenvalue weighted by atomic mass is 10.0. The van der Waals surface area contributed by atoms with Crippen LogP contribution in [0.2, 0.25) is 0 Å². The topological polar surface area (TPSA) is 43.8 Å². The Labute approximate surface area is 127 Å². The molecule has 0 amide bonds. The number of aromatic carboxylic acids is 1. The van der Waals surface area contributed by atoms with Gasteiger partial charge in [0.05, 0.1) is 5.56 Å². The maximum Gasteiger partial charge on any atom is 0.335 e. The molecule has 0 aliphatic carbocycles. The molecule has 1 unspecified atom stereocenters. The molecule has 1 saturated heterocycles. The van der Waals surface area contributed by atoms with Gasteiger partial charge in [-0.05, 0) is 51.1 Å². The van der Waals surface area contributed by atoms with E-state index in [1.807, 2.05) is 12.1 Å². The molecule has 4 nitrogen and oxygen atoms in total. The van der Waals surface area contributed by atoms with Gasteiger partial charge in [0.1, 0.15) is 0 Å². The van der Waals surface area contributed by atoms with Crippen molar-refractivity contribution in [3.8, 4) is 0 Å². The molecular formula is C17H26N2O2. The van der Waals surface area contributed by atoms with Crippen molar-refractivity contribution < 1.29 is 9.90 Å². The highest BCUT2D eigenvalue weighted by atomic mass is 16.4. The summed E-state index contributed by atoms with van der Waals surface area (Å²) in [5, 5.41) is 8.89. The molecule has 116 valence electrons. The van der Waals surface area contributed by atoms with E-state index in [1.165, 1.54) is 25.8 Å². The van der Waals surface area contributed by atoms with E-state index in [9.17, 15) is 4.79 Å². The number of carbonyl (C=O) groups is 1. The van der Waals surface area contributed by atoms with Crippen LogP contribution in [0, 0.1) is 0 Å². The van der Waals surface area contributed by atoms with Gasteiger partial charge in [0.15, 0.2) is 0 Å². The van der Waals surface area contributed by atoms with Gasteiger partial charge in [-0.2, -0.15) is 0 Å². The van der Waals surface area contributed by atoms with Crippen molar-refractivity contribution in [2.75, 3.05) is 26.7 Å². The second kappa shape index (κ2) is 7.57. The Morgan fingerprint density at radius 3 is 2.67 bits per heavy atom. The number of likely N-dealkylation sites (tertiary alicyclic amines) is 1. The summed E-state index contributed by atoms with van der Waals surface area (Å²) >= 11 is 0. The van der Waals surface area contributed by atoms with E-state index in [-0.39, 0.29) is 0 Å². The van der Waals surface area contributed by atoms with Gasteiger partial charge in [-0.25, -0.2) is 4.79 Å². The van der Waals surface area contributed by atoms with Crippen LogP contribution in [0.1, 0.15) is 42.1 Å². The molecule has 21 heavy (non-hydrogen) atoms. The molecule has 0 saturated carbocycles. The Morgan fingerprint density at radius 1 is 1.33 bits per heavy atom.